The molecular formula is C14H25NO3. The number of hydrogen-bond acceptors (Lipinski definition) is 3. The molecule has 104 valence electrons. The molecule has 1 fully saturated rings. The molecule has 1 N–H and O–H groups in total. The summed E-state index contributed by atoms with van der Waals surface area (Å²) < 4.78 is 4.68. The van der Waals surface area contributed by atoms with E-state index in [0.717, 1.165) is 19.3 Å². The molecule has 0 aromatic rings. The van der Waals surface area contributed by atoms with Crippen molar-refractivity contribution in [2.75, 3.05) is 13.2 Å². The van der Waals surface area contributed by atoms with Crippen LogP contribution in [0.2, 0.25) is 0 Å². The van der Waals surface area contributed by atoms with Gasteiger partial charge in [0.15, 0.2) is 0 Å². The predicted octanol–water partition coefficient (Wildman–Crippen LogP) is 2.27. The van der Waals surface area contributed by atoms with Crippen LogP contribution in [0.1, 0.15) is 52.9 Å². The van der Waals surface area contributed by atoms with Gasteiger partial charge >= 0.3 is 11.9 Å². The Morgan fingerprint density at radius 3 is 2.39 bits per heavy atom. The van der Waals surface area contributed by atoms with E-state index in [0.29, 0.717) is 12.5 Å². The van der Waals surface area contributed by atoms with Gasteiger partial charge in [-0.2, -0.15) is 0 Å². The fourth-order valence-corrected chi connectivity index (χ4v) is 2.98. The molecule has 0 saturated heterocycles. The number of rotatable bonds is 5. The molecular weight excluding hydrogens is 230 g/mol. The SMILES string of the molecule is CCOC(=O)C(=O)NCC1(CC(C)C)CCCC1. The van der Waals surface area contributed by atoms with Gasteiger partial charge in [0.25, 0.3) is 0 Å². The molecule has 4 heteroatoms. The van der Waals surface area contributed by atoms with Crippen molar-refractivity contribution in [1.29, 1.82) is 0 Å². The van der Waals surface area contributed by atoms with Crippen molar-refractivity contribution in [2.45, 2.75) is 52.9 Å². The zero-order chi connectivity index (χ0) is 13.6. The number of esters is 1. The van der Waals surface area contributed by atoms with Crippen LogP contribution in [0.4, 0.5) is 0 Å². The second-order valence-corrected chi connectivity index (χ2v) is 5.71. The molecule has 0 aliphatic heterocycles. The van der Waals surface area contributed by atoms with Crippen molar-refractivity contribution < 1.29 is 14.3 Å². The van der Waals surface area contributed by atoms with Crippen LogP contribution in [0, 0.1) is 11.3 Å². The highest BCUT2D eigenvalue weighted by Crippen LogP contribution is 2.42. The number of nitrogens with one attached hydrogen (secondary N) is 1. The van der Waals surface area contributed by atoms with Crippen LogP contribution in [-0.4, -0.2) is 25.0 Å². The summed E-state index contributed by atoms with van der Waals surface area (Å²) in [5.41, 5.74) is 0.191. The van der Waals surface area contributed by atoms with E-state index in [-0.39, 0.29) is 12.0 Å². The smallest absolute Gasteiger partial charge is 0.396 e. The van der Waals surface area contributed by atoms with Gasteiger partial charge < -0.3 is 10.1 Å². The molecule has 0 atom stereocenters. The number of amides is 1. The first-order valence-corrected chi connectivity index (χ1v) is 6.94. The topological polar surface area (TPSA) is 55.4 Å². The highest BCUT2D eigenvalue weighted by atomic mass is 16.5. The minimum absolute atomic E-state index is 0.191. The quantitative estimate of drug-likeness (QED) is 0.605. The largest absolute Gasteiger partial charge is 0.459 e. The summed E-state index contributed by atoms with van der Waals surface area (Å²) >= 11 is 0. The second-order valence-electron chi connectivity index (χ2n) is 5.71. The summed E-state index contributed by atoms with van der Waals surface area (Å²) in [6.45, 7) is 6.94. The lowest BCUT2D eigenvalue weighted by Crippen LogP contribution is -2.40. The van der Waals surface area contributed by atoms with Crippen LogP contribution in [-0.2, 0) is 14.3 Å². The fourth-order valence-electron chi connectivity index (χ4n) is 2.98. The molecule has 4 nitrogen and oxygen atoms in total. The monoisotopic (exact) mass is 255 g/mol. The molecule has 0 bridgehead atoms. The number of hydrogen-bond donors (Lipinski definition) is 1. The van der Waals surface area contributed by atoms with Gasteiger partial charge in [0, 0.05) is 6.54 Å². The Labute approximate surface area is 109 Å². The average molecular weight is 255 g/mol. The van der Waals surface area contributed by atoms with Crippen LogP contribution in [0.25, 0.3) is 0 Å². The Bertz CT molecular complexity index is 293. The van der Waals surface area contributed by atoms with Crippen LogP contribution >= 0.6 is 0 Å². The summed E-state index contributed by atoms with van der Waals surface area (Å²) in [7, 11) is 0. The molecule has 18 heavy (non-hydrogen) atoms. The Morgan fingerprint density at radius 2 is 1.89 bits per heavy atom. The molecule has 1 rings (SSSR count). The van der Waals surface area contributed by atoms with E-state index < -0.39 is 11.9 Å². The summed E-state index contributed by atoms with van der Waals surface area (Å²) in [5.74, 6) is -0.760. The van der Waals surface area contributed by atoms with Gasteiger partial charge in [0.05, 0.1) is 6.61 Å². The maximum atomic E-state index is 11.5. The minimum Gasteiger partial charge on any atom is -0.459 e. The molecule has 0 radical (unpaired) electrons. The lowest BCUT2D eigenvalue weighted by Gasteiger charge is -2.30. The van der Waals surface area contributed by atoms with Crippen LogP contribution in [0.3, 0.4) is 0 Å². The molecule has 1 amide bonds. The molecule has 0 aromatic carbocycles. The number of carbonyl (C=O) groups is 2. The minimum atomic E-state index is -0.768. The average Bonchev–Trinajstić information content (AvgIpc) is 2.74. The fraction of sp³-hybridized carbons (Fsp3) is 0.857. The molecule has 0 aromatic heterocycles. The van der Waals surface area contributed by atoms with E-state index in [1.165, 1.54) is 12.8 Å². The van der Waals surface area contributed by atoms with Gasteiger partial charge in [-0.05, 0) is 37.5 Å². The Hall–Kier alpha value is -1.06. The first-order chi connectivity index (χ1) is 8.49. The van der Waals surface area contributed by atoms with Crippen LogP contribution < -0.4 is 5.32 Å². The van der Waals surface area contributed by atoms with Crippen molar-refractivity contribution in [3.05, 3.63) is 0 Å². The third-order valence-electron chi connectivity index (χ3n) is 3.59. The van der Waals surface area contributed by atoms with Gasteiger partial charge in [-0.15, -0.1) is 0 Å². The van der Waals surface area contributed by atoms with E-state index in [4.69, 9.17) is 0 Å². The van der Waals surface area contributed by atoms with E-state index in [2.05, 4.69) is 23.9 Å². The molecule has 1 aliphatic carbocycles. The third-order valence-corrected chi connectivity index (χ3v) is 3.59. The number of carbonyl (C=O) groups excluding carboxylic acids is 2. The molecule has 0 heterocycles. The molecule has 0 spiro atoms. The van der Waals surface area contributed by atoms with E-state index in [9.17, 15) is 9.59 Å². The maximum Gasteiger partial charge on any atom is 0.396 e. The first kappa shape index (κ1) is 15.0. The van der Waals surface area contributed by atoms with E-state index in [1.807, 2.05) is 0 Å². The highest BCUT2D eigenvalue weighted by Gasteiger charge is 2.35. The van der Waals surface area contributed by atoms with Gasteiger partial charge in [-0.25, -0.2) is 4.79 Å². The molecule has 1 aliphatic rings. The standard InChI is InChI=1S/C14H25NO3/c1-4-18-13(17)12(16)15-10-14(9-11(2)3)7-5-6-8-14/h11H,4-10H2,1-3H3,(H,15,16). The lowest BCUT2D eigenvalue weighted by molar-refractivity contribution is -0.154. The Morgan fingerprint density at radius 1 is 1.28 bits per heavy atom. The van der Waals surface area contributed by atoms with E-state index >= 15 is 0 Å². The Kier molecular flexibility index (Phi) is 5.63. The normalized spacial score (nSPS) is 17.8. The summed E-state index contributed by atoms with van der Waals surface area (Å²) in [6, 6.07) is 0. The maximum absolute atomic E-state index is 11.5. The zero-order valence-corrected chi connectivity index (χ0v) is 11.8. The van der Waals surface area contributed by atoms with Crippen molar-refractivity contribution in [2.24, 2.45) is 11.3 Å². The van der Waals surface area contributed by atoms with Gasteiger partial charge in [0.1, 0.15) is 0 Å². The van der Waals surface area contributed by atoms with Crippen molar-refractivity contribution in [1.82, 2.24) is 5.32 Å². The van der Waals surface area contributed by atoms with Crippen LogP contribution in [0.5, 0.6) is 0 Å². The van der Waals surface area contributed by atoms with Crippen molar-refractivity contribution in [3.8, 4) is 0 Å². The summed E-state index contributed by atoms with van der Waals surface area (Å²) in [4.78, 5) is 22.8. The molecule has 1 saturated carbocycles. The Balaban J connectivity index is 2.47. The van der Waals surface area contributed by atoms with Gasteiger partial charge in [-0.3, -0.25) is 4.79 Å². The number of ether oxygens (including phenoxy) is 1. The third kappa shape index (κ3) is 4.31. The van der Waals surface area contributed by atoms with Gasteiger partial charge in [-0.1, -0.05) is 26.7 Å². The summed E-state index contributed by atoms with van der Waals surface area (Å²) in [5, 5.41) is 2.74. The van der Waals surface area contributed by atoms with Crippen molar-refractivity contribution >= 4 is 11.9 Å². The molecule has 0 unspecified atom stereocenters. The lowest BCUT2D eigenvalue weighted by atomic mass is 9.78. The van der Waals surface area contributed by atoms with Gasteiger partial charge in [0.2, 0.25) is 0 Å². The van der Waals surface area contributed by atoms with Crippen LogP contribution in [0.15, 0.2) is 0 Å². The first-order valence-electron chi connectivity index (χ1n) is 6.94. The highest BCUT2D eigenvalue weighted by molar-refractivity contribution is 6.32. The summed E-state index contributed by atoms with van der Waals surface area (Å²) in [6.07, 6.45) is 5.85. The van der Waals surface area contributed by atoms with Crippen molar-refractivity contribution in [3.63, 3.8) is 0 Å². The second kappa shape index (κ2) is 6.76. The van der Waals surface area contributed by atoms with E-state index in [1.54, 1.807) is 6.92 Å². The predicted molar refractivity (Wildman–Crippen MR) is 70.0 cm³/mol. The zero-order valence-electron chi connectivity index (χ0n) is 11.8.